The molecular weight excluding hydrogens is 487 g/mol. The number of carboxylic acids is 1. The van der Waals surface area contributed by atoms with Crippen LogP contribution in [0.1, 0.15) is 34.3 Å². The number of carbonyl (C=O) groups is 1. The Labute approximate surface area is 201 Å². The largest absolute Gasteiger partial charge is 0.478 e. The van der Waals surface area contributed by atoms with Crippen LogP contribution >= 0.6 is 11.6 Å². The number of oxazole rings is 1. The van der Waals surface area contributed by atoms with E-state index in [1.54, 1.807) is 12.1 Å². The molecule has 0 aliphatic heterocycles. The SMILES string of the molecule is C[C@H](c1ccc(-c2cccc(C(=O)O)c2)cc1Cl)[C@@](O)(c1ccc2c(c1)oc(=O)n2C)C(F)(F)F. The molecule has 182 valence electrons. The molecule has 0 unspecified atom stereocenters. The molecule has 0 amide bonds. The predicted octanol–water partition coefficient (Wildman–Crippen LogP) is 5.70. The van der Waals surface area contributed by atoms with Gasteiger partial charge in [0.05, 0.1) is 11.1 Å². The zero-order valence-electron chi connectivity index (χ0n) is 18.4. The Morgan fingerprint density at radius 2 is 1.74 bits per heavy atom. The lowest BCUT2D eigenvalue weighted by Crippen LogP contribution is -2.46. The van der Waals surface area contributed by atoms with E-state index in [1.807, 2.05) is 0 Å². The van der Waals surface area contributed by atoms with Crippen LogP contribution < -0.4 is 5.76 Å². The average Bonchev–Trinajstić information content (AvgIpc) is 3.10. The first-order valence-electron chi connectivity index (χ1n) is 10.4. The van der Waals surface area contributed by atoms with E-state index in [4.69, 9.17) is 16.0 Å². The van der Waals surface area contributed by atoms with Crippen molar-refractivity contribution in [2.24, 2.45) is 7.05 Å². The maximum atomic E-state index is 14.4. The van der Waals surface area contributed by atoms with E-state index >= 15 is 0 Å². The van der Waals surface area contributed by atoms with Gasteiger partial charge in [0.2, 0.25) is 0 Å². The number of alkyl halides is 3. The second kappa shape index (κ2) is 8.58. The van der Waals surface area contributed by atoms with Gasteiger partial charge in [0.25, 0.3) is 0 Å². The van der Waals surface area contributed by atoms with Crippen molar-refractivity contribution in [2.75, 3.05) is 0 Å². The van der Waals surface area contributed by atoms with E-state index in [0.717, 1.165) is 16.7 Å². The number of halogens is 4. The first-order valence-corrected chi connectivity index (χ1v) is 10.7. The number of hydrogen-bond donors (Lipinski definition) is 2. The van der Waals surface area contributed by atoms with E-state index in [-0.39, 0.29) is 27.2 Å². The van der Waals surface area contributed by atoms with Crippen LogP contribution in [0.25, 0.3) is 22.2 Å². The first kappa shape index (κ1) is 24.6. The van der Waals surface area contributed by atoms with Crippen molar-refractivity contribution in [1.82, 2.24) is 4.57 Å². The Bertz CT molecular complexity index is 1510. The topological polar surface area (TPSA) is 92.7 Å². The van der Waals surface area contributed by atoms with Crippen LogP contribution in [0.15, 0.2) is 69.9 Å². The minimum atomic E-state index is -5.10. The fourth-order valence-electron chi connectivity index (χ4n) is 4.14. The van der Waals surface area contributed by atoms with Gasteiger partial charge in [-0.05, 0) is 52.6 Å². The molecule has 0 radical (unpaired) electrons. The van der Waals surface area contributed by atoms with Crippen LogP contribution in [0.3, 0.4) is 0 Å². The summed E-state index contributed by atoms with van der Waals surface area (Å²) in [4.78, 5) is 23.0. The normalized spacial score (nSPS) is 14.6. The maximum absolute atomic E-state index is 14.4. The molecule has 0 saturated carbocycles. The molecule has 1 heterocycles. The van der Waals surface area contributed by atoms with Gasteiger partial charge in [0, 0.05) is 18.0 Å². The Hall–Kier alpha value is -3.56. The number of rotatable bonds is 5. The molecule has 4 rings (SSSR count). The van der Waals surface area contributed by atoms with Crippen molar-refractivity contribution in [2.45, 2.75) is 24.6 Å². The van der Waals surface area contributed by atoms with Crippen LogP contribution in [-0.2, 0) is 12.6 Å². The number of fused-ring (bicyclic) bond motifs is 1. The van der Waals surface area contributed by atoms with E-state index in [1.165, 1.54) is 50.4 Å². The first-order chi connectivity index (χ1) is 16.3. The minimum Gasteiger partial charge on any atom is -0.478 e. The Balaban J connectivity index is 1.80. The Morgan fingerprint density at radius 3 is 2.37 bits per heavy atom. The van der Waals surface area contributed by atoms with Crippen molar-refractivity contribution in [1.29, 1.82) is 0 Å². The van der Waals surface area contributed by atoms with Gasteiger partial charge in [0.15, 0.2) is 11.2 Å². The van der Waals surface area contributed by atoms with Crippen LogP contribution in [0, 0.1) is 0 Å². The number of aromatic carboxylic acids is 1. The molecule has 0 fully saturated rings. The second-order valence-electron chi connectivity index (χ2n) is 8.22. The Morgan fingerprint density at radius 1 is 1.06 bits per heavy atom. The van der Waals surface area contributed by atoms with Crippen LogP contribution in [0.2, 0.25) is 5.02 Å². The molecule has 0 aliphatic carbocycles. The summed E-state index contributed by atoms with van der Waals surface area (Å²) in [5, 5.41) is 20.3. The third-order valence-electron chi connectivity index (χ3n) is 6.20. The van der Waals surface area contributed by atoms with E-state index < -0.39 is 35.0 Å². The zero-order chi connectivity index (χ0) is 25.7. The Kier molecular flexibility index (Phi) is 6.02. The summed E-state index contributed by atoms with van der Waals surface area (Å²) in [6, 6.07) is 13.7. The molecule has 2 N–H and O–H groups in total. The number of aryl methyl sites for hydroxylation is 1. The van der Waals surface area contributed by atoms with Gasteiger partial charge in [-0.3, -0.25) is 4.57 Å². The highest BCUT2D eigenvalue weighted by Gasteiger charge is 2.59. The van der Waals surface area contributed by atoms with Crippen molar-refractivity contribution < 1.29 is 32.6 Å². The summed E-state index contributed by atoms with van der Waals surface area (Å²) >= 11 is 6.38. The standard InChI is InChI=1S/C25H19ClF3NO5/c1-13(18-8-6-15(11-19(18)26)14-4-3-5-16(10-14)22(31)32)24(34,25(27,28)29)17-7-9-20-21(12-17)35-23(33)30(20)2/h3-13,34H,1-2H3,(H,31,32)/t13-,24-/m1/s1. The molecule has 4 aromatic rings. The lowest BCUT2D eigenvalue weighted by atomic mass is 9.77. The molecule has 0 aliphatic rings. The summed E-state index contributed by atoms with van der Waals surface area (Å²) < 4.78 is 49.2. The quantitative estimate of drug-likeness (QED) is 0.363. The number of benzene rings is 3. The van der Waals surface area contributed by atoms with Crippen molar-refractivity contribution in [3.05, 3.63) is 92.9 Å². The van der Waals surface area contributed by atoms with E-state index in [9.17, 15) is 33.0 Å². The summed E-state index contributed by atoms with van der Waals surface area (Å²) in [7, 11) is 1.42. The van der Waals surface area contributed by atoms with Crippen LogP contribution in [0.5, 0.6) is 0 Å². The molecule has 0 saturated heterocycles. The van der Waals surface area contributed by atoms with Gasteiger partial charge >= 0.3 is 17.9 Å². The highest BCUT2D eigenvalue weighted by Crippen LogP contribution is 2.50. The van der Waals surface area contributed by atoms with Crippen LogP contribution in [0.4, 0.5) is 13.2 Å². The molecular formula is C25H19ClF3NO5. The van der Waals surface area contributed by atoms with Gasteiger partial charge in [-0.2, -0.15) is 13.2 Å². The smallest absolute Gasteiger partial charge is 0.422 e. The zero-order valence-corrected chi connectivity index (χ0v) is 19.2. The summed E-state index contributed by atoms with van der Waals surface area (Å²) in [5.41, 5.74) is -2.59. The van der Waals surface area contributed by atoms with Gasteiger partial charge in [0.1, 0.15) is 0 Å². The lowest BCUT2D eigenvalue weighted by Gasteiger charge is -2.37. The average molecular weight is 506 g/mol. The number of aliphatic hydroxyl groups is 1. The number of hydrogen-bond acceptors (Lipinski definition) is 4. The number of nitrogens with zero attached hydrogens (tertiary/aromatic N) is 1. The van der Waals surface area contributed by atoms with Gasteiger partial charge in [-0.25, -0.2) is 9.59 Å². The molecule has 10 heteroatoms. The van der Waals surface area contributed by atoms with E-state index in [0.29, 0.717) is 11.1 Å². The summed E-state index contributed by atoms with van der Waals surface area (Å²) in [6.07, 6.45) is -5.10. The molecule has 0 bridgehead atoms. The number of aromatic nitrogens is 1. The monoisotopic (exact) mass is 505 g/mol. The second-order valence-corrected chi connectivity index (χ2v) is 8.62. The van der Waals surface area contributed by atoms with Gasteiger partial charge in [-0.1, -0.05) is 48.9 Å². The van der Waals surface area contributed by atoms with Gasteiger partial charge in [-0.15, -0.1) is 0 Å². The van der Waals surface area contributed by atoms with Crippen molar-refractivity contribution >= 4 is 28.7 Å². The highest BCUT2D eigenvalue weighted by molar-refractivity contribution is 6.31. The fraction of sp³-hybridized carbons (Fsp3) is 0.200. The van der Waals surface area contributed by atoms with Gasteiger partial charge < -0.3 is 14.6 Å². The van der Waals surface area contributed by atoms with Crippen LogP contribution in [-0.4, -0.2) is 26.9 Å². The third-order valence-corrected chi connectivity index (χ3v) is 6.53. The molecule has 35 heavy (non-hydrogen) atoms. The molecule has 0 spiro atoms. The maximum Gasteiger partial charge on any atom is 0.422 e. The third kappa shape index (κ3) is 4.11. The molecule has 6 nitrogen and oxygen atoms in total. The fourth-order valence-corrected chi connectivity index (χ4v) is 4.49. The molecule has 3 aromatic carbocycles. The van der Waals surface area contributed by atoms with E-state index in [2.05, 4.69) is 0 Å². The molecule has 1 aromatic heterocycles. The predicted molar refractivity (Wildman–Crippen MR) is 124 cm³/mol. The minimum absolute atomic E-state index is 0.0271. The molecule has 2 atom stereocenters. The summed E-state index contributed by atoms with van der Waals surface area (Å²) in [6.45, 7) is 1.20. The number of carboxylic acid groups (broad SMARTS) is 1. The van der Waals surface area contributed by atoms with Crippen molar-refractivity contribution in [3.63, 3.8) is 0 Å². The highest BCUT2D eigenvalue weighted by atomic mass is 35.5. The summed E-state index contributed by atoms with van der Waals surface area (Å²) in [5.74, 6) is -3.42. The van der Waals surface area contributed by atoms with Crippen molar-refractivity contribution in [3.8, 4) is 11.1 Å². The lowest BCUT2D eigenvalue weighted by molar-refractivity contribution is -0.274.